The Balaban J connectivity index is 2.74. The fourth-order valence-electron chi connectivity index (χ4n) is 2.04. The first-order valence-electron chi connectivity index (χ1n) is 5.11. The SMILES string of the molecule is Cc1cc(Br)c2[nH]c(C)c(CCN)c2c1. The molecule has 0 aliphatic rings. The summed E-state index contributed by atoms with van der Waals surface area (Å²) in [4.78, 5) is 3.40. The van der Waals surface area contributed by atoms with Gasteiger partial charge in [0.15, 0.2) is 0 Å². The van der Waals surface area contributed by atoms with Crippen molar-refractivity contribution >= 4 is 26.8 Å². The van der Waals surface area contributed by atoms with Gasteiger partial charge in [-0.25, -0.2) is 0 Å². The van der Waals surface area contributed by atoms with E-state index in [0.29, 0.717) is 6.54 Å². The Morgan fingerprint density at radius 3 is 2.73 bits per heavy atom. The molecule has 0 atom stereocenters. The molecule has 0 radical (unpaired) electrons. The summed E-state index contributed by atoms with van der Waals surface area (Å²) >= 11 is 3.58. The Kier molecular flexibility index (Phi) is 2.85. The molecule has 2 nitrogen and oxygen atoms in total. The van der Waals surface area contributed by atoms with E-state index in [0.717, 1.165) is 10.9 Å². The van der Waals surface area contributed by atoms with Gasteiger partial charge in [0, 0.05) is 15.6 Å². The van der Waals surface area contributed by atoms with Gasteiger partial charge < -0.3 is 10.7 Å². The number of aryl methyl sites for hydroxylation is 2. The molecular weight excluding hydrogens is 252 g/mol. The normalized spacial score (nSPS) is 11.2. The van der Waals surface area contributed by atoms with Crippen molar-refractivity contribution in [2.24, 2.45) is 5.73 Å². The highest BCUT2D eigenvalue weighted by atomic mass is 79.9. The van der Waals surface area contributed by atoms with E-state index in [9.17, 15) is 0 Å². The number of hydrogen-bond acceptors (Lipinski definition) is 1. The second-order valence-corrected chi connectivity index (χ2v) is 4.79. The average Bonchev–Trinajstić information content (AvgIpc) is 2.46. The second kappa shape index (κ2) is 3.99. The van der Waals surface area contributed by atoms with Crippen molar-refractivity contribution in [1.82, 2.24) is 4.98 Å². The van der Waals surface area contributed by atoms with Crippen LogP contribution in [0.3, 0.4) is 0 Å². The molecule has 0 spiro atoms. The van der Waals surface area contributed by atoms with Crippen LogP contribution in [0, 0.1) is 13.8 Å². The molecule has 0 aliphatic carbocycles. The van der Waals surface area contributed by atoms with Gasteiger partial charge in [-0.2, -0.15) is 0 Å². The summed E-state index contributed by atoms with van der Waals surface area (Å²) < 4.78 is 1.13. The molecule has 2 rings (SSSR count). The fourth-order valence-corrected chi connectivity index (χ4v) is 2.71. The maximum Gasteiger partial charge on any atom is 0.0603 e. The van der Waals surface area contributed by atoms with E-state index in [2.05, 4.69) is 46.9 Å². The van der Waals surface area contributed by atoms with Crippen LogP contribution < -0.4 is 5.73 Å². The second-order valence-electron chi connectivity index (χ2n) is 3.94. The van der Waals surface area contributed by atoms with Crippen molar-refractivity contribution in [3.05, 3.63) is 33.4 Å². The number of nitrogens with two attached hydrogens (primary N) is 1. The van der Waals surface area contributed by atoms with Crippen molar-refractivity contribution in [2.75, 3.05) is 6.54 Å². The Morgan fingerprint density at radius 1 is 1.33 bits per heavy atom. The van der Waals surface area contributed by atoms with E-state index in [1.165, 1.54) is 27.7 Å². The van der Waals surface area contributed by atoms with Crippen LogP contribution in [0.25, 0.3) is 10.9 Å². The molecule has 0 bridgehead atoms. The van der Waals surface area contributed by atoms with E-state index < -0.39 is 0 Å². The zero-order valence-electron chi connectivity index (χ0n) is 9.02. The Hall–Kier alpha value is -0.800. The number of hydrogen-bond donors (Lipinski definition) is 2. The molecule has 0 aliphatic heterocycles. The van der Waals surface area contributed by atoms with Gasteiger partial charge in [-0.3, -0.25) is 0 Å². The molecule has 0 saturated carbocycles. The molecule has 0 unspecified atom stereocenters. The van der Waals surface area contributed by atoms with E-state index in [1.54, 1.807) is 0 Å². The summed E-state index contributed by atoms with van der Waals surface area (Å²) in [5.74, 6) is 0. The topological polar surface area (TPSA) is 41.8 Å². The highest BCUT2D eigenvalue weighted by Crippen LogP contribution is 2.29. The summed E-state index contributed by atoms with van der Waals surface area (Å²) in [6, 6.07) is 4.35. The van der Waals surface area contributed by atoms with Gasteiger partial charge in [0.2, 0.25) is 0 Å². The van der Waals surface area contributed by atoms with Gasteiger partial charge in [-0.05, 0) is 66.0 Å². The molecule has 0 fully saturated rings. The highest BCUT2D eigenvalue weighted by Gasteiger charge is 2.10. The lowest BCUT2D eigenvalue weighted by molar-refractivity contribution is 0.963. The fraction of sp³-hybridized carbons (Fsp3) is 0.333. The number of H-pyrrole nitrogens is 1. The van der Waals surface area contributed by atoms with Gasteiger partial charge in [0.25, 0.3) is 0 Å². The summed E-state index contributed by atoms with van der Waals surface area (Å²) in [6.45, 7) is 4.91. The first-order chi connectivity index (χ1) is 7.13. The first kappa shape index (κ1) is 10.7. The zero-order chi connectivity index (χ0) is 11.0. The summed E-state index contributed by atoms with van der Waals surface area (Å²) in [6.07, 6.45) is 0.932. The van der Waals surface area contributed by atoms with Gasteiger partial charge >= 0.3 is 0 Å². The third-order valence-corrected chi connectivity index (χ3v) is 3.34. The van der Waals surface area contributed by atoms with Crippen molar-refractivity contribution in [2.45, 2.75) is 20.3 Å². The number of aromatic amines is 1. The quantitative estimate of drug-likeness (QED) is 0.862. The lowest BCUT2D eigenvalue weighted by atomic mass is 10.1. The predicted molar refractivity (Wildman–Crippen MR) is 68.2 cm³/mol. The number of halogens is 1. The van der Waals surface area contributed by atoms with E-state index in [1.807, 2.05) is 0 Å². The van der Waals surface area contributed by atoms with Gasteiger partial charge in [0.05, 0.1) is 5.52 Å². The molecule has 15 heavy (non-hydrogen) atoms. The summed E-state index contributed by atoms with van der Waals surface area (Å²) in [7, 11) is 0. The predicted octanol–water partition coefficient (Wildman–Crippen LogP) is 3.05. The molecule has 3 heteroatoms. The number of rotatable bonds is 2. The first-order valence-corrected chi connectivity index (χ1v) is 5.90. The third kappa shape index (κ3) is 1.82. The minimum atomic E-state index is 0.694. The van der Waals surface area contributed by atoms with Crippen molar-refractivity contribution in [3.63, 3.8) is 0 Å². The smallest absolute Gasteiger partial charge is 0.0603 e. The van der Waals surface area contributed by atoms with Crippen LogP contribution in [-0.2, 0) is 6.42 Å². The maximum atomic E-state index is 5.63. The van der Waals surface area contributed by atoms with Crippen LogP contribution in [0.5, 0.6) is 0 Å². The third-order valence-electron chi connectivity index (χ3n) is 2.72. The zero-order valence-corrected chi connectivity index (χ0v) is 10.6. The van der Waals surface area contributed by atoms with E-state index >= 15 is 0 Å². The minimum Gasteiger partial charge on any atom is -0.357 e. The number of benzene rings is 1. The Morgan fingerprint density at radius 2 is 2.07 bits per heavy atom. The molecule has 2 aromatic rings. The van der Waals surface area contributed by atoms with Crippen molar-refractivity contribution in [3.8, 4) is 0 Å². The number of aromatic nitrogens is 1. The van der Waals surface area contributed by atoms with Gasteiger partial charge in [0.1, 0.15) is 0 Å². The van der Waals surface area contributed by atoms with E-state index in [-0.39, 0.29) is 0 Å². The minimum absolute atomic E-state index is 0.694. The van der Waals surface area contributed by atoms with Crippen LogP contribution in [-0.4, -0.2) is 11.5 Å². The monoisotopic (exact) mass is 266 g/mol. The molecule has 1 aromatic carbocycles. The molecule has 1 heterocycles. The largest absolute Gasteiger partial charge is 0.357 e. The molecule has 3 N–H and O–H groups in total. The highest BCUT2D eigenvalue weighted by molar-refractivity contribution is 9.10. The standard InChI is InChI=1S/C12H15BrN2/c1-7-5-10-9(3-4-14)8(2)15-12(10)11(13)6-7/h5-6,15H,3-4,14H2,1-2H3. The van der Waals surface area contributed by atoms with E-state index in [4.69, 9.17) is 5.73 Å². The molecule has 80 valence electrons. The number of fused-ring (bicyclic) bond motifs is 1. The average molecular weight is 267 g/mol. The summed E-state index contributed by atoms with van der Waals surface area (Å²) in [5, 5.41) is 1.30. The van der Waals surface area contributed by atoms with Crippen molar-refractivity contribution < 1.29 is 0 Å². The van der Waals surface area contributed by atoms with Crippen molar-refractivity contribution in [1.29, 1.82) is 0 Å². The van der Waals surface area contributed by atoms with Gasteiger partial charge in [-0.15, -0.1) is 0 Å². The van der Waals surface area contributed by atoms with Crippen LogP contribution in [0.4, 0.5) is 0 Å². The molecule has 1 aromatic heterocycles. The lowest BCUT2D eigenvalue weighted by Gasteiger charge is -2.00. The number of nitrogens with one attached hydrogen (secondary N) is 1. The summed E-state index contributed by atoms with van der Waals surface area (Å²) in [5.41, 5.74) is 10.7. The lowest BCUT2D eigenvalue weighted by Crippen LogP contribution is -2.03. The van der Waals surface area contributed by atoms with Crippen LogP contribution in [0.1, 0.15) is 16.8 Å². The molecule has 0 saturated heterocycles. The van der Waals surface area contributed by atoms with Crippen LogP contribution in [0.15, 0.2) is 16.6 Å². The Labute approximate surface area is 98.0 Å². The Bertz CT molecular complexity index is 500. The molecule has 0 amide bonds. The molecular formula is C12H15BrN2. The van der Waals surface area contributed by atoms with Crippen LogP contribution >= 0.6 is 15.9 Å². The maximum absolute atomic E-state index is 5.63. The van der Waals surface area contributed by atoms with Crippen LogP contribution in [0.2, 0.25) is 0 Å². The van der Waals surface area contributed by atoms with Gasteiger partial charge in [-0.1, -0.05) is 0 Å².